The standard InChI is InChI=1S/C27H37N9O15P2/c1-10-3-12-13(4-11(10)2)35(24-18(32-12)25(42)34-27(43)33-24)5-14(37)19(39)15(38)6-48-52(44,45)51-53(46,47)49-7-16-20(40)21(41)26(50-16)36-9-31-17-22(28)29-8-30-23(17)36/h3-4,8-9,14-16,19-21,26-27,32-33,37-41,43H,5-7H2,1-2H3,(H,34,42)(H,44,45)(H,46,47)(H2,28,29,30)/t14-,15-,16-,19-,20-,21-,26-,27?/m1/s1. The van der Waals surface area contributed by atoms with Gasteiger partial charge in [-0.15, -0.1) is 0 Å². The van der Waals surface area contributed by atoms with Crippen LogP contribution in [0.15, 0.2) is 36.3 Å². The number of amides is 1. The van der Waals surface area contributed by atoms with Crippen molar-refractivity contribution >= 4 is 49.9 Å². The molecule has 3 aliphatic rings. The summed E-state index contributed by atoms with van der Waals surface area (Å²) in [4.78, 5) is 46.1. The molecule has 3 unspecified atom stereocenters. The summed E-state index contributed by atoms with van der Waals surface area (Å²) in [5, 5.41) is 71.2. The minimum absolute atomic E-state index is 0.0110. The Morgan fingerprint density at radius 2 is 1.68 bits per heavy atom. The molecule has 0 aliphatic carbocycles. The number of benzene rings is 1. The number of ether oxygens (including phenoxy) is 1. The van der Waals surface area contributed by atoms with Crippen molar-refractivity contribution < 1.29 is 72.4 Å². The summed E-state index contributed by atoms with van der Waals surface area (Å²) in [7, 11) is -11.0. The van der Waals surface area contributed by atoms with Crippen molar-refractivity contribution in [2.45, 2.75) is 63.1 Å². The van der Waals surface area contributed by atoms with E-state index in [-0.39, 0.29) is 28.5 Å². The van der Waals surface area contributed by atoms with E-state index in [0.29, 0.717) is 11.4 Å². The molecule has 290 valence electrons. The maximum atomic E-state index is 12.6. The average molecular weight is 790 g/mol. The number of β-amino-alcohol motifs (C(OH)–C–C–N with tert-alkyl or cyclic N) is 1. The Morgan fingerprint density at radius 1 is 0.981 bits per heavy atom. The van der Waals surface area contributed by atoms with Crippen LogP contribution in [0.3, 0.4) is 0 Å². The quantitative estimate of drug-likeness (QED) is 0.0771. The number of hydrogen-bond acceptors (Lipinski definition) is 20. The van der Waals surface area contributed by atoms with Crippen LogP contribution in [0.2, 0.25) is 0 Å². The van der Waals surface area contributed by atoms with Gasteiger partial charge in [0, 0.05) is 0 Å². The number of aliphatic hydroxyl groups excluding tert-OH is 6. The van der Waals surface area contributed by atoms with Crippen LogP contribution in [-0.2, 0) is 32.0 Å². The summed E-state index contributed by atoms with van der Waals surface area (Å²) in [6, 6.07) is 3.47. The van der Waals surface area contributed by atoms with E-state index in [1.807, 2.05) is 13.8 Å². The van der Waals surface area contributed by atoms with Crippen LogP contribution in [0.25, 0.3) is 11.2 Å². The molecular weight excluding hydrogens is 752 g/mol. The largest absolute Gasteiger partial charge is 0.481 e. The number of rotatable bonds is 13. The van der Waals surface area contributed by atoms with Crippen LogP contribution in [-0.4, -0.2) is 129 Å². The number of nitrogens with two attached hydrogens (primary N) is 1. The second-order valence-electron chi connectivity index (χ2n) is 12.3. The van der Waals surface area contributed by atoms with Crippen LogP contribution in [0.1, 0.15) is 17.4 Å². The molecule has 1 saturated heterocycles. The molecule has 0 radical (unpaired) electrons. The highest BCUT2D eigenvalue weighted by Crippen LogP contribution is 2.60. The lowest BCUT2D eigenvalue weighted by atomic mass is 10.0. The minimum Gasteiger partial charge on any atom is -0.388 e. The Kier molecular flexibility index (Phi) is 10.8. The van der Waals surface area contributed by atoms with Crippen LogP contribution < -0.4 is 26.6 Å². The third kappa shape index (κ3) is 8.01. The molecule has 3 aliphatic heterocycles. The predicted octanol–water partition coefficient (Wildman–Crippen LogP) is -2.93. The number of hydrogen-bond donors (Lipinski definition) is 12. The number of anilines is 3. The summed E-state index contributed by atoms with van der Waals surface area (Å²) < 4.78 is 45.4. The second-order valence-corrected chi connectivity index (χ2v) is 15.3. The Balaban J connectivity index is 1.04. The van der Waals surface area contributed by atoms with E-state index in [2.05, 4.69) is 39.7 Å². The number of nitrogen functional groups attached to an aromatic ring is 1. The first-order valence-corrected chi connectivity index (χ1v) is 18.6. The highest BCUT2D eigenvalue weighted by atomic mass is 31.3. The van der Waals surface area contributed by atoms with Gasteiger partial charge in [-0.1, -0.05) is 0 Å². The van der Waals surface area contributed by atoms with E-state index in [1.165, 1.54) is 15.8 Å². The molecule has 1 amide bonds. The number of nitrogens with zero attached hydrogens (tertiary/aromatic N) is 5. The summed E-state index contributed by atoms with van der Waals surface area (Å²) in [6.07, 6.45) is -11.2. The van der Waals surface area contributed by atoms with Gasteiger partial charge in [-0.25, -0.2) is 24.1 Å². The molecule has 1 aromatic carbocycles. The molecule has 26 heteroatoms. The van der Waals surface area contributed by atoms with Crippen LogP contribution in [0.5, 0.6) is 0 Å². The number of aliphatic hydroxyl groups is 6. The maximum Gasteiger partial charge on any atom is 0.481 e. The second kappa shape index (κ2) is 14.8. The molecule has 3 aromatic rings. The van der Waals surface area contributed by atoms with Gasteiger partial charge in [0.05, 0.1) is 37.5 Å². The molecule has 5 heterocycles. The molecule has 0 saturated carbocycles. The Bertz CT molecular complexity index is 2020. The smallest absolute Gasteiger partial charge is 0.388 e. The number of phosphoric acid groups is 2. The lowest BCUT2D eigenvalue weighted by Gasteiger charge is -2.41. The number of aryl methyl sites for hydroxylation is 2. The monoisotopic (exact) mass is 789 g/mol. The molecule has 24 nitrogen and oxygen atoms in total. The van der Waals surface area contributed by atoms with E-state index in [1.54, 1.807) is 12.1 Å². The molecule has 1 fully saturated rings. The summed E-state index contributed by atoms with van der Waals surface area (Å²) in [5.41, 5.74) is 8.65. The fourth-order valence-electron chi connectivity index (χ4n) is 5.76. The molecule has 53 heavy (non-hydrogen) atoms. The van der Waals surface area contributed by atoms with Gasteiger partial charge in [0.2, 0.25) is 6.35 Å². The third-order valence-corrected chi connectivity index (χ3v) is 11.2. The zero-order valence-corrected chi connectivity index (χ0v) is 29.5. The van der Waals surface area contributed by atoms with Crippen molar-refractivity contribution in [3.63, 3.8) is 0 Å². The molecule has 6 rings (SSSR count). The number of fused-ring (bicyclic) bond motifs is 2. The van der Waals surface area contributed by atoms with E-state index in [4.69, 9.17) is 15.0 Å². The highest BCUT2D eigenvalue weighted by Gasteiger charge is 2.46. The first-order chi connectivity index (χ1) is 24.9. The summed E-state index contributed by atoms with van der Waals surface area (Å²) in [5.74, 6) is -0.603. The third-order valence-electron chi connectivity index (χ3n) is 8.61. The Hall–Kier alpha value is -3.84. The number of carbonyl (C=O) groups is 1. The summed E-state index contributed by atoms with van der Waals surface area (Å²) in [6.45, 7) is 1.01. The summed E-state index contributed by atoms with van der Waals surface area (Å²) >= 11 is 0. The van der Waals surface area contributed by atoms with Gasteiger partial charge in [0.1, 0.15) is 60.0 Å². The van der Waals surface area contributed by atoms with E-state index >= 15 is 0 Å². The average Bonchev–Trinajstić information content (AvgIpc) is 3.63. The zero-order chi connectivity index (χ0) is 38.6. The first-order valence-electron chi connectivity index (χ1n) is 15.7. The lowest BCUT2D eigenvalue weighted by Crippen LogP contribution is -2.58. The molecule has 13 N–H and O–H groups in total. The van der Waals surface area contributed by atoms with Gasteiger partial charge >= 0.3 is 15.6 Å². The van der Waals surface area contributed by atoms with Gasteiger partial charge in [-0.3, -0.25) is 18.4 Å². The first kappa shape index (κ1) is 38.9. The molecular formula is C27H37N9O15P2. The molecule has 0 bridgehead atoms. The van der Waals surface area contributed by atoms with Gasteiger partial charge in [0.25, 0.3) is 5.91 Å². The van der Waals surface area contributed by atoms with Gasteiger partial charge in [-0.05, 0) is 37.1 Å². The fourth-order valence-corrected chi connectivity index (χ4v) is 7.86. The van der Waals surface area contributed by atoms with Crippen LogP contribution >= 0.6 is 15.6 Å². The van der Waals surface area contributed by atoms with Crippen LogP contribution in [0.4, 0.5) is 17.2 Å². The number of aromatic nitrogens is 4. The van der Waals surface area contributed by atoms with Crippen molar-refractivity contribution in [2.24, 2.45) is 0 Å². The topological polar surface area (TPSA) is 359 Å². The van der Waals surface area contributed by atoms with Crippen molar-refractivity contribution in [2.75, 3.05) is 35.7 Å². The van der Waals surface area contributed by atoms with Gasteiger partial charge in [0.15, 0.2) is 17.7 Å². The lowest BCUT2D eigenvalue weighted by molar-refractivity contribution is -0.121. The maximum absolute atomic E-state index is 12.6. The number of carbonyl (C=O) groups excluding carboxylic acids is 1. The Morgan fingerprint density at radius 3 is 2.42 bits per heavy atom. The number of imidazole rings is 1. The fraction of sp³-hybridized carbons (Fsp3) is 0.481. The minimum atomic E-state index is -5.52. The van der Waals surface area contributed by atoms with Gasteiger partial charge < -0.3 is 71.7 Å². The van der Waals surface area contributed by atoms with Crippen molar-refractivity contribution in [1.29, 1.82) is 0 Å². The van der Waals surface area contributed by atoms with E-state index in [9.17, 15) is 54.4 Å². The molecule has 2 aromatic heterocycles. The van der Waals surface area contributed by atoms with E-state index in [0.717, 1.165) is 17.5 Å². The predicted molar refractivity (Wildman–Crippen MR) is 178 cm³/mol. The molecule has 10 atom stereocenters. The van der Waals surface area contributed by atoms with Crippen molar-refractivity contribution in [1.82, 2.24) is 30.2 Å². The van der Waals surface area contributed by atoms with Gasteiger partial charge in [-0.2, -0.15) is 4.31 Å². The van der Waals surface area contributed by atoms with Crippen molar-refractivity contribution in [3.8, 4) is 0 Å². The van der Waals surface area contributed by atoms with Crippen molar-refractivity contribution in [3.05, 3.63) is 47.4 Å². The molecule has 0 spiro atoms. The number of nitrogens with one attached hydrogen (secondary N) is 3. The highest BCUT2D eigenvalue weighted by molar-refractivity contribution is 7.61. The number of phosphoric ester groups is 2. The van der Waals surface area contributed by atoms with E-state index < -0.39 is 90.5 Å². The normalized spacial score (nSPS) is 26.8. The van der Waals surface area contributed by atoms with Crippen LogP contribution in [0, 0.1) is 13.8 Å². The Labute approximate surface area is 298 Å². The zero-order valence-electron chi connectivity index (χ0n) is 27.7. The SMILES string of the molecule is Cc1cc2c(cc1C)N(C[C@@H](O)[C@@H](O)[C@H](O)COP(=O)(O)OP(=O)(O)OC[C@H]1O[C@@H](n3cnc4c(N)ncnc43)[C@H](O)[C@@H]1O)C1=C(N2)C(=O)NC(O)N1.